The van der Waals surface area contributed by atoms with Crippen molar-refractivity contribution in [1.29, 1.82) is 0 Å². The van der Waals surface area contributed by atoms with Gasteiger partial charge in [-0.3, -0.25) is 9.48 Å². The molecule has 9 heteroatoms. The molecule has 1 aromatic carbocycles. The minimum absolute atomic E-state index is 0. The number of hydrogen-bond acceptors (Lipinski definition) is 4. The first-order chi connectivity index (χ1) is 15.0. The molecule has 0 spiro atoms. The largest absolute Gasteiger partial charge is 0.459 e. The number of benzene rings is 1. The standard InChI is InChI=1S/C23H30N6O2.HI/c1-4-24-23(25-12-6-13-29-18(3)15-17(2)28-29)26-16-19-8-10-20(11-9-19)27-22(30)21-7-5-14-31-21;/h5,7-11,14-15H,4,6,12-13,16H2,1-3H3,(H,27,30)(H2,24,25,26);1H. The summed E-state index contributed by atoms with van der Waals surface area (Å²) < 4.78 is 7.14. The van der Waals surface area contributed by atoms with E-state index in [2.05, 4.69) is 39.0 Å². The van der Waals surface area contributed by atoms with Crippen LogP contribution in [0.3, 0.4) is 0 Å². The number of aryl methyl sites for hydroxylation is 3. The summed E-state index contributed by atoms with van der Waals surface area (Å²) >= 11 is 0. The minimum Gasteiger partial charge on any atom is -0.459 e. The molecule has 3 rings (SSSR count). The first-order valence-electron chi connectivity index (χ1n) is 10.5. The molecule has 2 aromatic heterocycles. The van der Waals surface area contributed by atoms with Gasteiger partial charge in [-0.05, 0) is 63.1 Å². The van der Waals surface area contributed by atoms with Gasteiger partial charge in [0.2, 0.25) is 0 Å². The lowest BCUT2D eigenvalue weighted by Gasteiger charge is -2.12. The average Bonchev–Trinajstić information content (AvgIpc) is 3.40. The van der Waals surface area contributed by atoms with Crippen molar-refractivity contribution >= 4 is 41.5 Å². The maximum atomic E-state index is 12.0. The molecule has 0 aliphatic rings. The third kappa shape index (κ3) is 7.70. The third-order valence-corrected chi connectivity index (χ3v) is 4.66. The van der Waals surface area contributed by atoms with Crippen molar-refractivity contribution in [2.45, 2.75) is 40.3 Å². The van der Waals surface area contributed by atoms with Gasteiger partial charge < -0.3 is 20.4 Å². The van der Waals surface area contributed by atoms with Crippen LogP contribution in [0.2, 0.25) is 0 Å². The SMILES string of the molecule is CCNC(=NCc1ccc(NC(=O)c2ccco2)cc1)NCCCn1nc(C)cc1C.I. The van der Waals surface area contributed by atoms with Gasteiger partial charge in [-0.25, -0.2) is 4.99 Å². The first-order valence-corrected chi connectivity index (χ1v) is 10.5. The van der Waals surface area contributed by atoms with Crippen LogP contribution in [0.5, 0.6) is 0 Å². The molecule has 172 valence electrons. The predicted octanol–water partition coefficient (Wildman–Crippen LogP) is 4.11. The molecule has 0 aliphatic heterocycles. The Labute approximate surface area is 205 Å². The number of aliphatic imine (C=N–C) groups is 1. The van der Waals surface area contributed by atoms with Gasteiger partial charge in [0.1, 0.15) is 0 Å². The van der Waals surface area contributed by atoms with E-state index in [1.807, 2.05) is 42.8 Å². The lowest BCUT2D eigenvalue weighted by atomic mass is 10.2. The fraction of sp³-hybridized carbons (Fsp3) is 0.348. The molecule has 0 aliphatic carbocycles. The Morgan fingerprint density at radius 2 is 1.94 bits per heavy atom. The van der Waals surface area contributed by atoms with Gasteiger partial charge in [-0.1, -0.05) is 12.1 Å². The number of furan rings is 1. The fourth-order valence-corrected chi connectivity index (χ4v) is 3.14. The normalized spacial score (nSPS) is 11.0. The number of carbonyl (C=O) groups excluding carboxylic acids is 1. The quantitative estimate of drug-likeness (QED) is 0.161. The van der Waals surface area contributed by atoms with E-state index < -0.39 is 0 Å². The molecule has 3 N–H and O–H groups in total. The summed E-state index contributed by atoms with van der Waals surface area (Å²) in [5.74, 6) is 0.800. The van der Waals surface area contributed by atoms with Crippen molar-refractivity contribution in [3.8, 4) is 0 Å². The van der Waals surface area contributed by atoms with Crippen molar-refractivity contribution in [2.24, 2.45) is 4.99 Å². The van der Waals surface area contributed by atoms with Gasteiger partial charge in [0.15, 0.2) is 11.7 Å². The van der Waals surface area contributed by atoms with Gasteiger partial charge >= 0.3 is 0 Å². The van der Waals surface area contributed by atoms with Gasteiger partial charge in [0.05, 0.1) is 18.5 Å². The lowest BCUT2D eigenvalue weighted by molar-refractivity contribution is 0.0996. The Morgan fingerprint density at radius 1 is 1.16 bits per heavy atom. The molecule has 0 saturated heterocycles. The molecule has 8 nitrogen and oxygen atoms in total. The van der Waals surface area contributed by atoms with E-state index in [-0.39, 0.29) is 35.6 Å². The smallest absolute Gasteiger partial charge is 0.291 e. The summed E-state index contributed by atoms with van der Waals surface area (Å²) in [6.45, 7) is 9.15. The van der Waals surface area contributed by atoms with Crippen LogP contribution < -0.4 is 16.0 Å². The van der Waals surface area contributed by atoms with E-state index in [9.17, 15) is 4.79 Å². The van der Waals surface area contributed by atoms with Gasteiger partial charge in [-0.2, -0.15) is 5.10 Å². The molecule has 32 heavy (non-hydrogen) atoms. The van der Waals surface area contributed by atoms with Crippen molar-refractivity contribution < 1.29 is 9.21 Å². The molecule has 2 heterocycles. The van der Waals surface area contributed by atoms with Crippen LogP contribution in [0.25, 0.3) is 0 Å². The molecule has 0 fully saturated rings. The van der Waals surface area contributed by atoms with Gasteiger partial charge in [-0.15, -0.1) is 24.0 Å². The summed E-state index contributed by atoms with van der Waals surface area (Å²) in [6, 6.07) is 13.0. The molecule has 3 aromatic rings. The number of hydrogen-bond donors (Lipinski definition) is 3. The first kappa shape index (κ1) is 25.4. The molecule has 0 bridgehead atoms. The number of nitrogens with one attached hydrogen (secondary N) is 3. The highest BCUT2D eigenvalue weighted by Crippen LogP contribution is 2.12. The second-order valence-corrected chi connectivity index (χ2v) is 7.25. The Hall–Kier alpha value is -2.82. The number of nitrogens with zero attached hydrogens (tertiary/aromatic N) is 3. The average molecular weight is 550 g/mol. The molecule has 0 atom stereocenters. The number of carbonyl (C=O) groups is 1. The van der Waals surface area contributed by atoms with Crippen LogP contribution in [0.15, 0.2) is 58.1 Å². The van der Waals surface area contributed by atoms with E-state index in [0.29, 0.717) is 12.2 Å². The monoisotopic (exact) mass is 550 g/mol. The van der Waals surface area contributed by atoms with Crippen LogP contribution in [0.4, 0.5) is 5.69 Å². The Morgan fingerprint density at radius 3 is 2.56 bits per heavy atom. The molecule has 1 amide bonds. The lowest BCUT2D eigenvalue weighted by Crippen LogP contribution is -2.38. The molecular formula is C23H31IN6O2. The zero-order valence-electron chi connectivity index (χ0n) is 18.7. The van der Waals surface area contributed by atoms with E-state index >= 15 is 0 Å². The number of halogens is 1. The van der Waals surface area contributed by atoms with Crippen LogP contribution >= 0.6 is 24.0 Å². The molecule has 0 saturated carbocycles. The van der Waals surface area contributed by atoms with Crippen molar-refractivity contribution in [3.63, 3.8) is 0 Å². The number of rotatable bonds is 9. The highest BCUT2D eigenvalue weighted by molar-refractivity contribution is 14.0. The van der Waals surface area contributed by atoms with E-state index in [1.54, 1.807) is 12.1 Å². The summed E-state index contributed by atoms with van der Waals surface area (Å²) in [4.78, 5) is 16.7. The molecule has 0 radical (unpaired) electrons. The van der Waals surface area contributed by atoms with Crippen molar-refractivity contribution in [3.05, 3.63) is 71.4 Å². The Bertz CT molecular complexity index is 996. The summed E-state index contributed by atoms with van der Waals surface area (Å²) in [5, 5.41) is 13.9. The Balaban J connectivity index is 0.00000363. The Kier molecular flexibility index (Phi) is 10.3. The topological polar surface area (TPSA) is 96.5 Å². The number of aromatic nitrogens is 2. The van der Waals surface area contributed by atoms with E-state index in [1.165, 1.54) is 12.0 Å². The molecular weight excluding hydrogens is 519 g/mol. The maximum absolute atomic E-state index is 12.0. The second-order valence-electron chi connectivity index (χ2n) is 7.25. The second kappa shape index (κ2) is 12.9. The van der Waals surface area contributed by atoms with Crippen molar-refractivity contribution in [2.75, 3.05) is 18.4 Å². The van der Waals surface area contributed by atoms with Gasteiger partial charge in [0, 0.05) is 31.0 Å². The third-order valence-electron chi connectivity index (χ3n) is 4.66. The highest BCUT2D eigenvalue weighted by Gasteiger charge is 2.08. The summed E-state index contributed by atoms with van der Waals surface area (Å²) in [6.07, 6.45) is 2.43. The van der Waals surface area contributed by atoms with Crippen LogP contribution in [0.1, 0.15) is 40.9 Å². The predicted molar refractivity (Wildman–Crippen MR) is 138 cm³/mol. The van der Waals surface area contributed by atoms with Crippen LogP contribution in [-0.2, 0) is 13.1 Å². The fourth-order valence-electron chi connectivity index (χ4n) is 3.14. The number of anilines is 1. The summed E-state index contributed by atoms with van der Waals surface area (Å²) in [7, 11) is 0. The maximum Gasteiger partial charge on any atom is 0.291 e. The highest BCUT2D eigenvalue weighted by atomic mass is 127. The van der Waals surface area contributed by atoms with Gasteiger partial charge in [0.25, 0.3) is 5.91 Å². The van der Waals surface area contributed by atoms with E-state index in [4.69, 9.17) is 4.42 Å². The number of amides is 1. The van der Waals surface area contributed by atoms with Crippen LogP contribution in [0, 0.1) is 13.8 Å². The minimum atomic E-state index is -0.269. The number of guanidine groups is 1. The zero-order valence-corrected chi connectivity index (χ0v) is 21.1. The zero-order chi connectivity index (χ0) is 22.1. The summed E-state index contributed by atoms with van der Waals surface area (Å²) in [5.41, 5.74) is 3.99. The van der Waals surface area contributed by atoms with E-state index in [0.717, 1.165) is 43.3 Å². The molecule has 0 unspecified atom stereocenters. The van der Waals surface area contributed by atoms with Crippen molar-refractivity contribution in [1.82, 2.24) is 20.4 Å². The van der Waals surface area contributed by atoms with Crippen LogP contribution in [-0.4, -0.2) is 34.7 Å².